The van der Waals surface area contributed by atoms with E-state index in [9.17, 15) is 4.79 Å². The number of carbonyl (C=O) groups excluding carboxylic acids is 1. The molecule has 1 aliphatic rings. The predicted octanol–water partition coefficient (Wildman–Crippen LogP) is 2.82. The fourth-order valence-corrected chi connectivity index (χ4v) is 2.99. The topological polar surface area (TPSA) is 73.3 Å². The molecule has 2 aromatic rings. The minimum absolute atomic E-state index is 0.135. The quantitative estimate of drug-likeness (QED) is 0.938. The highest BCUT2D eigenvalue weighted by Gasteiger charge is 2.16. The van der Waals surface area contributed by atoms with Crippen LogP contribution in [0.1, 0.15) is 40.4 Å². The number of rotatable bonds is 4. The largest absolute Gasteiger partial charge is 0.493 e. The lowest BCUT2D eigenvalue weighted by Gasteiger charge is -2.17. The van der Waals surface area contributed by atoms with E-state index in [0.717, 1.165) is 35.8 Å². The number of aryl methyl sites for hydroxylation is 1. The van der Waals surface area contributed by atoms with Crippen molar-refractivity contribution >= 4 is 22.4 Å². The highest BCUT2D eigenvalue weighted by molar-refractivity contribution is 7.15. The molecule has 0 fully saturated rings. The first-order valence-corrected chi connectivity index (χ1v) is 7.92. The Labute approximate surface area is 132 Å². The number of anilines is 1. The van der Waals surface area contributed by atoms with Crippen molar-refractivity contribution in [3.8, 4) is 5.75 Å². The fraction of sp³-hybridized carbons (Fsp3) is 0.400. The summed E-state index contributed by atoms with van der Waals surface area (Å²) < 4.78 is 10.7. The summed E-state index contributed by atoms with van der Waals surface area (Å²) in [6.07, 6.45) is 1.78. The number of ether oxygens (including phenoxy) is 2. The molecule has 1 aromatic carbocycles. The number of methoxy groups -OCH3 is 1. The lowest BCUT2D eigenvalue weighted by atomic mass is 10.0. The second kappa shape index (κ2) is 6.41. The molecule has 22 heavy (non-hydrogen) atoms. The molecule has 1 amide bonds. The van der Waals surface area contributed by atoms with Crippen LogP contribution in [0.15, 0.2) is 18.2 Å². The van der Waals surface area contributed by atoms with Crippen molar-refractivity contribution < 1.29 is 14.3 Å². The first kappa shape index (κ1) is 14.9. The summed E-state index contributed by atoms with van der Waals surface area (Å²) in [7, 11) is 1.61. The lowest BCUT2D eigenvalue weighted by Crippen LogP contribution is -2.14. The number of amides is 1. The Hall–Kier alpha value is -1.99. The van der Waals surface area contributed by atoms with Gasteiger partial charge in [0.25, 0.3) is 5.91 Å². The number of carbonyl (C=O) groups is 1. The second-order valence-electron chi connectivity index (χ2n) is 5.05. The molecule has 0 radical (unpaired) electrons. The van der Waals surface area contributed by atoms with E-state index in [4.69, 9.17) is 9.47 Å². The third-order valence-electron chi connectivity index (χ3n) is 3.53. The van der Waals surface area contributed by atoms with Gasteiger partial charge < -0.3 is 9.47 Å². The number of benzene rings is 1. The molecule has 2 heterocycles. The van der Waals surface area contributed by atoms with Crippen LogP contribution >= 0.6 is 11.3 Å². The van der Waals surface area contributed by atoms with Crippen molar-refractivity contribution in [1.82, 2.24) is 10.2 Å². The van der Waals surface area contributed by atoms with E-state index in [1.54, 1.807) is 13.2 Å². The van der Waals surface area contributed by atoms with Crippen molar-refractivity contribution in [2.75, 3.05) is 19.0 Å². The molecule has 0 saturated carbocycles. The number of nitrogens with zero attached hydrogens (tertiary/aromatic N) is 2. The molecule has 0 bridgehead atoms. The third kappa shape index (κ3) is 3.10. The van der Waals surface area contributed by atoms with E-state index < -0.39 is 0 Å². The van der Waals surface area contributed by atoms with E-state index in [2.05, 4.69) is 15.5 Å². The van der Waals surface area contributed by atoms with Gasteiger partial charge in [-0.15, -0.1) is 10.2 Å². The van der Waals surface area contributed by atoms with Crippen LogP contribution in [0, 0.1) is 0 Å². The first-order valence-electron chi connectivity index (χ1n) is 7.10. The third-order valence-corrected chi connectivity index (χ3v) is 4.53. The molecule has 0 saturated heterocycles. The van der Waals surface area contributed by atoms with E-state index in [1.165, 1.54) is 11.3 Å². The number of hydrogen-bond donors (Lipinski definition) is 1. The minimum Gasteiger partial charge on any atom is -0.493 e. The molecule has 0 spiro atoms. The summed E-state index contributed by atoms with van der Waals surface area (Å²) in [6, 6.07) is 5.49. The summed E-state index contributed by atoms with van der Waals surface area (Å²) in [4.78, 5) is 12.3. The van der Waals surface area contributed by atoms with Gasteiger partial charge in [0, 0.05) is 12.7 Å². The van der Waals surface area contributed by atoms with E-state index in [-0.39, 0.29) is 12.0 Å². The summed E-state index contributed by atoms with van der Waals surface area (Å²) >= 11 is 1.31. The molecule has 1 aliphatic heterocycles. The molecule has 6 nitrogen and oxygen atoms in total. The molecule has 1 atom stereocenters. The summed E-state index contributed by atoms with van der Waals surface area (Å²) in [6.45, 7) is 2.62. The van der Waals surface area contributed by atoms with E-state index >= 15 is 0 Å². The van der Waals surface area contributed by atoms with Crippen LogP contribution in [0.3, 0.4) is 0 Å². The fourth-order valence-electron chi connectivity index (χ4n) is 2.22. The average Bonchev–Trinajstić information content (AvgIpc) is 3.02. The van der Waals surface area contributed by atoms with Crippen molar-refractivity contribution in [3.05, 3.63) is 34.3 Å². The molecule has 7 heteroatoms. The van der Waals surface area contributed by atoms with Gasteiger partial charge in [-0.2, -0.15) is 0 Å². The second-order valence-corrected chi connectivity index (χ2v) is 6.06. The van der Waals surface area contributed by atoms with Gasteiger partial charge in [-0.3, -0.25) is 10.1 Å². The van der Waals surface area contributed by atoms with Crippen LogP contribution in [0.2, 0.25) is 0 Å². The molecule has 1 N–H and O–H groups in total. The maximum absolute atomic E-state index is 12.3. The van der Waals surface area contributed by atoms with Gasteiger partial charge in [0.2, 0.25) is 5.13 Å². The highest BCUT2D eigenvalue weighted by Crippen LogP contribution is 2.27. The van der Waals surface area contributed by atoms with Crippen LogP contribution in [-0.2, 0) is 11.2 Å². The van der Waals surface area contributed by atoms with Crippen LogP contribution in [0.25, 0.3) is 0 Å². The highest BCUT2D eigenvalue weighted by atomic mass is 32.1. The summed E-state index contributed by atoms with van der Waals surface area (Å²) in [5.41, 5.74) is 1.67. The number of nitrogens with one attached hydrogen (secondary N) is 1. The monoisotopic (exact) mass is 319 g/mol. The normalized spacial score (nSPS) is 14.8. The predicted molar refractivity (Wildman–Crippen MR) is 83.5 cm³/mol. The lowest BCUT2D eigenvalue weighted by molar-refractivity contribution is 0.102. The van der Waals surface area contributed by atoms with Gasteiger partial charge >= 0.3 is 0 Å². The number of hydrogen-bond acceptors (Lipinski definition) is 6. The van der Waals surface area contributed by atoms with Gasteiger partial charge in [0.1, 0.15) is 16.9 Å². The Morgan fingerprint density at radius 2 is 2.32 bits per heavy atom. The average molecular weight is 319 g/mol. The van der Waals surface area contributed by atoms with Crippen molar-refractivity contribution in [2.24, 2.45) is 0 Å². The zero-order valence-corrected chi connectivity index (χ0v) is 13.3. The Kier molecular flexibility index (Phi) is 4.35. The smallest absolute Gasteiger partial charge is 0.257 e. The van der Waals surface area contributed by atoms with Crippen LogP contribution in [0.5, 0.6) is 5.75 Å². The number of aromatic nitrogens is 2. The Morgan fingerprint density at radius 3 is 3.14 bits per heavy atom. The molecular weight excluding hydrogens is 302 g/mol. The maximum Gasteiger partial charge on any atom is 0.257 e. The summed E-state index contributed by atoms with van der Waals surface area (Å²) in [5, 5.41) is 12.0. The maximum atomic E-state index is 12.3. The van der Waals surface area contributed by atoms with E-state index in [1.807, 2.05) is 19.1 Å². The van der Waals surface area contributed by atoms with Gasteiger partial charge in [0.15, 0.2) is 0 Å². The number of fused-ring (bicyclic) bond motifs is 1. The molecule has 116 valence electrons. The molecule has 0 aliphatic carbocycles. The molecule has 1 unspecified atom stereocenters. The van der Waals surface area contributed by atoms with Gasteiger partial charge in [0.05, 0.1) is 6.61 Å². The van der Waals surface area contributed by atoms with Crippen molar-refractivity contribution in [2.45, 2.75) is 25.9 Å². The van der Waals surface area contributed by atoms with Gasteiger partial charge in [-0.25, -0.2) is 0 Å². The zero-order chi connectivity index (χ0) is 15.5. The van der Waals surface area contributed by atoms with Crippen LogP contribution < -0.4 is 10.1 Å². The molecular formula is C15H17N3O3S. The van der Waals surface area contributed by atoms with Crippen LogP contribution in [-0.4, -0.2) is 29.8 Å². The standard InChI is InChI=1S/C15H17N3O3S/c1-9(20-2)14-17-18-15(22-14)16-13(19)11-5-6-12-10(8-11)4-3-7-21-12/h5-6,8-9H,3-4,7H2,1-2H3,(H,16,18,19). The zero-order valence-electron chi connectivity index (χ0n) is 12.5. The SMILES string of the molecule is COC(C)c1nnc(NC(=O)c2ccc3c(c2)CCCO3)s1. The van der Waals surface area contributed by atoms with Crippen molar-refractivity contribution in [3.63, 3.8) is 0 Å². The first-order chi connectivity index (χ1) is 10.7. The Morgan fingerprint density at radius 1 is 1.45 bits per heavy atom. The molecule has 1 aromatic heterocycles. The van der Waals surface area contributed by atoms with Gasteiger partial charge in [-0.1, -0.05) is 11.3 Å². The summed E-state index contributed by atoms with van der Waals surface area (Å²) in [5.74, 6) is 0.677. The van der Waals surface area contributed by atoms with Crippen LogP contribution in [0.4, 0.5) is 5.13 Å². The van der Waals surface area contributed by atoms with Gasteiger partial charge in [-0.05, 0) is 43.5 Å². The minimum atomic E-state index is -0.193. The molecule has 3 rings (SSSR count). The Balaban J connectivity index is 1.73. The van der Waals surface area contributed by atoms with E-state index in [0.29, 0.717) is 10.7 Å². The Bertz CT molecular complexity index is 686. The van der Waals surface area contributed by atoms with Crippen molar-refractivity contribution in [1.29, 1.82) is 0 Å².